The van der Waals surface area contributed by atoms with Crippen molar-refractivity contribution < 1.29 is 13.6 Å². The maximum absolute atomic E-state index is 13.4. The van der Waals surface area contributed by atoms with Crippen LogP contribution in [0, 0.1) is 11.6 Å². The van der Waals surface area contributed by atoms with Crippen LogP contribution in [0.1, 0.15) is 10.4 Å². The van der Waals surface area contributed by atoms with Crippen LogP contribution in [0.15, 0.2) is 30.5 Å². The van der Waals surface area contributed by atoms with E-state index in [2.05, 4.69) is 10.3 Å². The topological polar surface area (TPSA) is 68.0 Å². The standard InChI is InChI=1S/C12H8ClF2N3O/c13-11-7(4-6(16)5-17-11)12(19)18-9-3-1-2-8(14)10(9)15/h1-5H,16H2,(H,18,19). The summed E-state index contributed by atoms with van der Waals surface area (Å²) in [5, 5.41) is 2.12. The van der Waals surface area contributed by atoms with Crippen molar-refractivity contribution >= 4 is 28.9 Å². The monoisotopic (exact) mass is 283 g/mol. The number of anilines is 2. The number of nitrogens with one attached hydrogen (secondary N) is 1. The Labute approximate surface area is 112 Å². The van der Waals surface area contributed by atoms with Gasteiger partial charge in [0.1, 0.15) is 5.15 Å². The maximum atomic E-state index is 13.4. The molecule has 98 valence electrons. The molecule has 0 saturated carbocycles. The van der Waals surface area contributed by atoms with Crippen LogP contribution in [-0.2, 0) is 0 Å². The summed E-state index contributed by atoms with van der Waals surface area (Å²) in [5.74, 6) is -2.94. The van der Waals surface area contributed by atoms with Gasteiger partial charge in [0.05, 0.1) is 23.1 Å². The number of rotatable bonds is 2. The molecule has 0 saturated heterocycles. The first-order chi connectivity index (χ1) is 8.99. The highest BCUT2D eigenvalue weighted by Gasteiger charge is 2.15. The van der Waals surface area contributed by atoms with Gasteiger partial charge in [0.15, 0.2) is 11.6 Å². The number of aromatic nitrogens is 1. The second-order valence-electron chi connectivity index (χ2n) is 3.66. The summed E-state index contributed by atoms with van der Waals surface area (Å²) in [7, 11) is 0. The smallest absolute Gasteiger partial charge is 0.258 e. The van der Waals surface area contributed by atoms with Gasteiger partial charge in [-0.15, -0.1) is 0 Å². The lowest BCUT2D eigenvalue weighted by Crippen LogP contribution is -2.15. The molecule has 1 amide bonds. The molecule has 0 fully saturated rings. The Bertz CT molecular complexity index is 649. The molecule has 4 nitrogen and oxygen atoms in total. The van der Waals surface area contributed by atoms with Crippen molar-refractivity contribution in [1.29, 1.82) is 0 Å². The van der Waals surface area contributed by atoms with Gasteiger partial charge < -0.3 is 11.1 Å². The predicted octanol–water partition coefficient (Wildman–Crippen LogP) is 2.85. The van der Waals surface area contributed by atoms with Crippen LogP contribution in [0.3, 0.4) is 0 Å². The average Bonchev–Trinajstić information content (AvgIpc) is 2.38. The molecule has 2 aromatic rings. The Kier molecular flexibility index (Phi) is 3.62. The summed E-state index contributed by atoms with van der Waals surface area (Å²) in [6, 6.07) is 4.74. The number of nitrogen functional groups attached to an aromatic ring is 1. The molecule has 1 aromatic heterocycles. The van der Waals surface area contributed by atoms with Gasteiger partial charge in [-0.25, -0.2) is 13.8 Å². The van der Waals surface area contributed by atoms with Gasteiger partial charge in [0, 0.05) is 0 Å². The molecule has 1 aromatic carbocycles. The fourth-order valence-electron chi connectivity index (χ4n) is 1.41. The van der Waals surface area contributed by atoms with E-state index in [0.29, 0.717) is 0 Å². The third-order valence-electron chi connectivity index (χ3n) is 2.30. The van der Waals surface area contributed by atoms with E-state index in [-0.39, 0.29) is 22.1 Å². The van der Waals surface area contributed by atoms with Crippen molar-refractivity contribution in [2.75, 3.05) is 11.1 Å². The lowest BCUT2D eigenvalue weighted by Gasteiger charge is -2.08. The Hall–Kier alpha value is -2.21. The molecular formula is C12H8ClF2N3O. The van der Waals surface area contributed by atoms with E-state index in [4.69, 9.17) is 17.3 Å². The molecule has 0 bridgehead atoms. The van der Waals surface area contributed by atoms with E-state index in [1.165, 1.54) is 24.4 Å². The lowest BCUT2D eigenvalue weighted by molar-refractivity contribution is 0.102. The molecule has 0 spiro atoms. The van der Waals surface area contributed by atoms with E-state index < -0.39 is 17.5 Å². The van der Waals surface area contributed by atoms with Crippen molar-refractivity contribution in [3.8, 4) is 0 Å². The van der Waals surface area contributed by atoms with Crippen LogP contribution in [0.25, 0.3) is 0 Å². The minimum absolute atomic E-state index is 0.0228. The summed E-state index contributed by atoms with van der Waals surface area (Å²) >= 11 is 5.73. The van der Waals surface area contributed by atoms with Gasteiger partial charge in [0.25, 0.3) is 5.91 Å². The number of nitrogens with zero attached hydrogens (tertiary/aromatic N) is 1. The molecule has 1 heterocycles. The maximum Gasteiger partial charge on any atom is 0.258 e. The number of pyridine rings is 1. The third kappa shape index (κ3) is 2.79. The van der Waals surface area contributed by atoms with E-state index in [1.54, 1.807) is 0 Å². The minimum Gasteiger partial charge on any atom is -0.397 e. The van der Waals surface area contributed by atoms with E-state index in [9.17, 15) is 13.6 Å². The van der Waals surface area contributed by atoms with Crippen LogP contribution < -0.4 is 11.1 Å². The summed E-state index contributed by atoms with van der Waals surface area (Å²) < 4.78 is 26.4. The van der Waals surface area contributed by atoms with Gasteiger partial charge >= 0.3 is 0 Å². The summed E-state index contributed by atoms with van der Waals surface area (Å²) in [6.45, 7) is 0. The van der Waals surface area contributed by atoms with Gasteiger partial charge in [-0.3, -0.25) is 4.79 Å². The summed E-state index contributed by atoms with van der Waals surface area (Å²) in [6.07, 6.45) is 1.28. The zero-order valence-corrected chi connectivity index (χ0v) is 10.2. The summed E-state index contributed by atoms with van der Waals surface area (Å²) in [4.78, 5) is 15.6. The zero-order chi connectivity index (χ0) is 14.0. The average molecular weight is 284 g/mol. The molecule has 0 atom stereocenters. The highest BCUT2D eigenvalue weighted by molar-refractivity contribution is 6.33. The van der Waals surface area contributed by atoms with Crippen LogP contribution in [0.4, 0.5) is 20.2 Å². The highest BCUT2D eigenvalue weighted by Crippen LogP contribution is 2.20. The Morgan fingerprint density at radius 3 is 2.84 bits per heavy atom. The van der Waals surface area contributed by atoms with E-state index in [0.717, 1.165) is 6.07 Å². The van der Waals surface area contributed by atoms with Crippen molar-refractivity contribution in [2.45, 2.75) is 0 Å². The molecule has 7 heteroatoms. The second kappa shape index (κ2) is 5.19. The molecule has 0 unspecified atom stereocenters. The molecule has 0 radical (unpaired) electrons. The van der Waals surface area contributed by atoms with Crippen molar-refractivity contribution in [3.63, 3.8) is 0 Å². The van der Waals surface area contributed by atoms with Crippen molar-refractivity contribution in [1.82, 2.24) is 4.98 Å². The first-order valence-electron chi connectivity index (χ1n) is 5.15. The fraction of sp³-hybridized carbons (Fsp3) is 0. The predicted molar refractivity (Wildman–Crippen MR) is 68.0 cm³/mol. The second-order valence-corrected chi connectivity index (χ2v) is 4.02. The van der Waals surface area contributed by atoms with Crippen LogP contribution in [0.2, 0.25) is 5.15 Å². The SMILES string of the molecule is Nc1cnc(Cl)c(C(=O)Nc2cccc(F)c2F)c1. The molecule has 0 aliphatic heterocycles. The Balaban J connectivity index is 2.31. The van der Waals surface area contributed by atoms with Crippen LogP contribution >= 0.6 is 11.6 Å². The lowest BCUT2D eigenvalue weighted by atomic mass is 10.2. The number of halogens is 3. The number of hydrogen-bond donors (Lipinski definition) is 2. The fourth-order valence-corrected chi connectivity index (χ4v) is 1.60. The number of benzene rings is 1. The minimum atomic E-state index is -1.15. The largest absolute Gasteiger partial charge is 0.397 e. The third-order valence-corrected chi connectivity index (χ3v) is 2.61. The zero-order valence-electron chi connectivity index (χ0n) is 9.45. The first-order valence-corrected chi connectivity index (χ1v) is 5.53. The normalized spacial score (nSPS) is 10.3. The Morgan fingerprint density at radius 1 is 1.37 bits per heavy atom. The van der Waals surface area contributed by atoms with Crippen LogP contribution in [0.5, 0.6) is 0 Å². The van der Waals surface area contributed by atoms with Gasteiger partial charge in [-0.1, -0.05) is 17.7 Å². The van der Waals surface area contributed by atoms with Gasteiger partial charge in [0.2, 0.25) is 0 Å². The number of nitrogens with two attached hydrogens (primary N) is 1. The van der Waals surface area contributed by atoms with Crippen LogP contribution in [-0.4, -0.2) is 10.9 Å². The molecule has 3 N–H and O–H groups in total. The molecular weight excluding hydrogens is 276 g/mol. The molecule has 0 aliphatic carbocycles. The molecule has 19 heavy (non-hydrogen) atoms. The summed E-state index contributed by atoms with van der Waals surface area (Å²) in [5.41, 5.74) is 5.40. The van der Waals surface area contributed by atoms with Crippen molar-refractivity contribution in [2.24, 2.45) is 0 Å². The molecule has 2 rings (SSSR count). The number of carbonyl (C=O) groups is 1. The quantitative estimate of drug-likeness (QED) is 0.833. The molecule has 0 aliphatic rings. The van der Waals surface area contributed by atoms with Gasteiger partial charge in [-0.2, -0.15) is 0 Å². The number of hydrogen-bond acceptors (Lipinski definition) is 3. The number of carbonyl (C=O) groups excluding carboxylic acids is 1. The first kappa shape index (κ1) is 13.2. The number of amides is 1. The highest BCUT2D eigenvalue weighted by atomic mass is 35.5. The van der Waals surface area contributed by atoms with E-state index in [1.807, 2.05) is 0 Å². The van der Waals surface area contributed by atoms with Gasteiger partial charge in [-0.05, 0) is 18.2 Å². The van der Waals surface area contributed by atoms with E-state index >= 15 is 0 Å². The van der Waals surface area contributed by atoms with Crippen molar-refractivity contribution in [3.05, 3.63) is 52.8 Å². The Morgan fingerprint density at radius 2 is 2.11 bits per heavy atom.